The SMILES string of the molecule is NC1=N[C@@H](c2ccccc2)C[C@H]2CC[C@H](COc3ccccc3)N12. The monoisotopic (exact) mass is 321 g/mol. The van der Waals surface area contributed by atoms with Gasteiger partial charge in [-0.15, -0.1) is 0 Å². The van der Waals surface area contributed by atoms with E-state index in [-0.39, 0.29) is 6.04 Å². The molecular formula is C20H23N3O. The molecule has 1 fully saturated rings. The molecule has 0 spiro atoms. The molecule has 4 rings (SSSR count). The fraction of sp³-hybridized carbons (Fsp3) is 0.350. The Kier molecular flexibility index (Phi) is 4.11. The number of ether oxygens (including phenoxy) is 1. The molecule has 4 nitrogen and oxygen atoms in total. The van der Waals surface area contributed by atoms with Crippen molar-refractivity contribution in [3.63, 3.8) is 0 Å². The molecule has 3 atom stereocenters. The quantitative estimate of drug-likeness (QED) is 0.939. The average Bonchev–Trinajstić information content (AvgIpc) is 3.05. The van der Waals surface area contributed by atoms with Crippen LogP contribution in [0.1, 0.15) is 30.9 Å². The second kappa shape index (κ2) is 6.56. The zero-order valence-corrected chi connectivity index (χ0v) is 13.7. The molecule has 2 aromatic carbocycles. The van der Waals surface area contributed by atoms with E-state index in [1.54, 1.807) is 0 Å². The molecule has 0 radical (unpaired) electrons. The first-order valence-electron chi connectivity index (χ1n) is 8.65. The van der Waals surface area contributed by atoms with Gasteiger partial charge >= 0.3 is 0 Å². The van der Waals surface area contributed by atoms with Gasteiger partial charge in [-0.25, -0.2) is 4.99 Å². The van der Waals surface area contributed by atoms with Crippen LogP contribution in [-0.2, 0) is 0 Å². The van der Waals surface area contributed by atoms with Crippen molar-refractivity contribution in [3.8, 4) is 5.75 Å². The summed E-state index contributed by atoms with van der Waals surface area (Å²) in [4.78, 5) is 7.05. The molecule has 2 aliphatic rings. The smallest absolute Gasteiger partial charge is 0.192 e. The second-order valence-electron chi connectivity index (χ2n) is 6.57. The first-order valence-corrected chi connectivity index (χ1v) is 8.65. The van der Waals surface area contributed by atoms with E-state index in [9.17, 15) is 0 Å². The molecule has 0 aromatic heterocycles. The number of benzene rings is 2. The maximum absolute atomic E-state index is 6.33. The highest BCUT2D eigenvalue weighted by atomic mass is 16.5. The van der Waals surface area contributed by atoms with Gasteiger partial charge in [0.15, 0.2) is 5.96 Å². The number of para-hydroxylation sites is 1. The van der Waals surface area contributed by atoms with Crippen molar-refractivity contribution in [2.45, 2.75) is 37.4 Å². The molecule has 0 unspecified atom stereocenters. The maximum Gasteiger partial charge on any atom is 0.192 e. The summed E-state index contributed by atoms with van der Waals surface area (Å²) in [7, 11) is 0. The number of rotatable bonds is 4. The van der Waals surface area contributed by atoms with Gasteiger partial charge in [-0.3, -0.25) is 0 Å². The van der Waals surface area contributed by atoms with E-state index in [0.717, 1.165) is 25.0 Å². The minimum absolute atomic E-state index is 0.182. The van der Waals surface area contributed by atoms with E-state index in [4.69, 9.17) is 15.5 Å². The Morgan fingerprint density at radius 1 is 1.00 bits per heavy atom. The Labute approximate surface area is 143 Å². The van der Waals surface area contributed by atoms with Gasteiger partial charge in [0.2, 0.25) is 0 Å². The van der Waals surface area contributed by atoms with Crippen LogP contribution in [0.4, 0.5) is 0 Å². The molecule has 2 aromatic rings. The van der Waals surface area contributed by atoms with Crippen LogP contribution in [-0.4, -0.2) is 29.6 Å². The van der Waals surface area contributed by atoms with Crippen molar-refractivity contribution < 1.29 is 4.74 Å². The number of nitrogens with two attached hydrogens (primary N) is 1. The zero-order valence-electron chi connectivity index (χ0n) is 13.7. The van der Waals surface area contributed by atoms with Crippen molar-refractivity contribution >= 4 is 5.96 Å². The van der Waals surface area contributed by atoms with E-state index in [1.165, 1.54) is 5.56 Å². The van der Waals surface area contributed by atoms with Gasteiger partial charge in [-0.05, 0) is 37.0 Å². The summed E-state index contributed by atoms with van der Waals surface area (Å²) in [6, 6.07) is 21.4. The maximum atomic E-state index is 6.33. The minimum atomic E-state index is 0.182. The summed E-state index contributed by atoms with van der Waals surface area (Å²) in [6.07, 6.45) is 3.30. The summed E-state index contributed by atoms with van der Waals surface area (Å²) in [5.74, 6) is 1.58. The lowest BCUT2D eigenvalue weighted by atomic mass is 9.97. The van der Waals surface area contributed by atoms with Crippen molar-refractivity contribution in [2.75, 3.05) is 6.61 Å². The lowest BCUT2D eigenvalue weighted by Crippen LogP contribution is -2.50. The minimum Gasteiger partial charge on any atom is -0.491 e. The van der Waals surface area contributed by atoms with Gasteiger partial charge in [0, 0.05) is 6.04 Å². The van der Waals surface area contributed by atoms with E-state index in [0.29, 0.717) is 24.7 Å². The average molecular weight is 321 g/mol. The summed E-state index contributed by atoms with van der Waals surface area (Å²) >= 11 is 0. The third-order valence-electron chi connectivity index (χ3n) is 5.04. The number of fused-ring (bicyclic) bond motifs is 1. The Morgan fingerprint density at radius 2 is 1.71 bits per heavy atom. The van der Waals surface area contributed by atoms with Crippen LogP contribution < -0.4 is 10.5 Å². The Bertz CT molecular complexity index is 701. The molecule has 2 N–H and O–H groups in total. The predicted octanol–water partition coefficient (Wildman–Crippen LogP) is 3.36. The predicted molar refractivity (Wildman–Crippen MR) is 96.0 cm³/mol. The first kappa shape index (κ1) is 15.1. The molecule has 0 saturated carbocycles. The van der Waals surface area contributed by atoms with Crippen molar-refractivity contribution in [2.24, 2.45) is 10.7 Å². The lowest BCUT2D eigenvalue weighted by molar-refractivity contribution is 0.190. The van der Waals surface area contributed by atoms with Crippen LogP contribution in [0.15, 0.2) is 65.7 Å². The molecule has 0 amide bonds. The van der Waals surface area contributed by atoms with E-state index in [1.807, 2.05) is 36.4 Å². The molecular weight excluding hydrogens is 298 g/mol. The van der Waals surface area contributed by atoms with Gasteiger partial charge in [-0.1, -0.05) is 48.5 Å². The van der Waals surface area contributed by atoms with Crippen LogP contribution in [0, 0.1) is 0 Å². The lowest BCUT2D eigenvalue weighted by Gasteiger charge is -2.37. The number of guanidine groups is 1. The van der Waals surface area contributed by atoms with Crippen LogP contribution in [0.2, 0.25) is 0 Å². The molecule has 0 bridgehead atoms. The first-order chi connectivity index (χ1) is 11.8. The highest BCUT2D eigenvalue weighted by molar-refractivity contribution is 5.80. The van der Waals surface area contributed by atoms with Crippen LogP contribution in [0.25, 0.3) is 0 Å². The van der Waals surface area contributed by atoms with Crippen LogP contribution in [0.3, 0.4) is 0 Å². The Hall–Kier alpha value is -2.49. The molecule has 124 valence electrons. The molecule has 0 aliphatic carbocycles. The fourth-order valence-electron chi connectivity index (χ4n) is 3.86. The summed E-state index contributed by atoms with van der Waals surface area (Å²) in [5, 5.41) is 0. The Balaban J connectivity index is 1.46. The molecule has 2 aliphatic heterocycles. The van der Waals surface area contributed by atoms with Crippen molar-refractivity contribution in [1.82, 2.24) is 4.90 Å². The normalized spacial score (nSPS) is 25.9. The highest BCUT2D eigenvalue weighted by Gasteiger charge is 2.39. The summed E-state index contributed by atoms with van der Waals surface area (Å²) < 4.78 is 5.95. The third kappa shape index (κ3) is 2.96. The molecule has 2 heterocycles. The number of nitrogens with zero attached hydrogens (tertiary/aromatic N) is 2. The van der Waals surface area contributed by atoms with Gasteiger partial charge in [0.05, 0.1) is 12.1 Å². The van der Waals surface area contributed by atoms with E-state index < -0.39 is 0 Å². The van der Waals surface area contributed by atoms with Gasteiger partial charge in [-0.2, -0.15) is 0 Å². The summed E-state index contributed by atoms with van der Waals surface area (Å²) in [6.45, 7) is 0.659. The summed E-state index contributed by atoms with van der Waals surface area (Å²) in [5.41, 5.74) is 7.58. The van der Waals surface area contributed by atoms with E-state index >= 15 is 0 Å². The topological polar surface area (TPSA) is 50.9 Å². The van der Waals surface area contributed by atoms with Crippen LogP contribution in [0.5, 0.6) is 5.75 Å². The standard InChI is InChI=1S/C20H23N3O/c21-20-22-19(15-7-3-1-4-8-15)13-16-11-12-17(23(16)20)14-24-18-9-5-2-6-10-18/h1-10,16-17,19H,11-14H2,(H2,21,22)/t16-,17-,19-/m1/s1. The van der Waals surface area contributed by atoms with Crippen LogP contribution >= 0.6 is 0 Å². The fourth-order valence-corrected chi connectivity index (χ4v) is 3.86. The van der Waals surface area contributed by atoms with Crippen molar-refractivity contribution in [3.05, 3.63) is 66.2 Å². The van der Waals surface area contributed by atoms with Gasteiger partial charge in [0.1, 0.15) is 12.4 Å². The zero-order chi connectivity index (χ0) is 16.4. The van der Waals surface area contributed by atoms with Gasteiger partial charge < -0.3 is 15.4 Å². The number of hydrogen-bond donors (Lipinski definition) is 1. The molecule has 4 heteroatoms. The third-order valence-corrected chi connectivity index (χ3v) is 5.04. The second-order valence-corrected chi connectivity index (χ2v) is 6.57. The Morgan fingerprint density at radius 3 is 2.46 bits per heavy atom. The number of hydrogen-bond acceptors (Lipinski definition) is 4. The van der Waals surface area contributed by atoms with Gasteiger partial charge in [0.25, 0.3) is 0 Å². The highest BCUT2D eigenvalue weighted by Crippen LogP contribution is 2.36. The van der Waals surface area contributed by atoms with Crippen molar-refractivity contribution in [1.29, 1.82) is 0 Å². The number of aliphatic imine (C=N–C) groups is 1. The van der Waals surface area contributed by atoms with E-state index in [2.05, 4.69) is 29.2 Å². The molecule has 24 heavy (non-hydrogen) atoms. The largest absolute Gasteiger partial charge is 0.491 e. The molecule has 1 saturated heterocycles.